The quantitative estimate of drug-likeness (QED) is 0.201. The Morgan fingerprint density at radius 2 is 2.12 bits per heavy atom. The van der Waals surface area contributed by atoms with Gasteiger partial charge in [0.2, 0.25) is 0 Å². The fraction of sp³-hybridized carbons (Fsp3) is 0.519. The summed E-state index contributed by atoms with van der Waals surface area (Å²) >= 11 is 0. The molecule has 182 valence electrons. The topological polar surface area (TPSA) is 63.5 Å². The summed E-state index contributed by atoms with van der Waals surface area (Å²) in [7, 11) is 2.08. The lowest BCUT2D eigenvalue weighted by Crippen LogP contribution is -2.37. The molecule has 0 aliphatic carbocycles. The average molecular weight is 457 g/mol. The molecule has 2 unspecified atom stereocenters. The molecule has 6 heteroatoms. The number of rotatable bonds is 12. The number of benzene rings is 1. The smallest absolute Gasteiger partial charge is 0.184 e. The second-order valence-corrected chi connectivity index (χ2v) is 8.55. The number of ether oxygens (including phenoxy) is 3. The third-order valence-electron chi connectivity index (χ3n) is 5.47. The molecule has 2 atom stereocenters. The van der Waals surface area contributed by atoms with E-state index in [1.165, 1.54) is 12.0 Å². The number of hydrogen-bond acceptors (Lipinski definition) is 6. The van der Waals surface area contributed by atoms with Gasteiger partial charge in [0.1, 0.15) is 6.23 Å². The zero-order valence-electron chi connectivity index (χ0n) is 20.7. The van der Waals surface area contributed by atoms with Crippen LogP contribution in [-0.2, 0) is 14.2 Å². The van der Waals surface area contributed by atoms with Crippen LogP contribution in [0.5, 0.6) is 0 Å². The molecule has 0 amide bonds. The van der Waals surface area contributed by atoms with Gasteiger partial charge in [0.05, 0.1) is 19.3 Å². The van der Waals surface area contributed by atoms with E-state index < -0.39 is 6.10 Å². The maximum atomic E-state index is 9.16. The van der Waals surface area contributed by atoms with Crippen molar-refractivity contribution in [2.24, 2.45) is 4.99 Å². The molecule has 0 saturated carbocycles. The van der Waals surface area contributed by atoms with Gasteiger partial charge < -0.3 is 24.2 Å². The zero-order valence-corrected chi connectivity index (χ0v) is 20.7. The van der Waals surface area contributed by atoms with E-state index in [1.807, 2.05) is 13.0 Å². The van der Waals surface area contributed by atoms with Crippen molar-refractivity contribution in [3.05, 3.63) is 60.3 Å². The van der Waals surface area contributed by atoms with E-state index in [1.54, 1.807) is 13.1 Å². The highest BCUT2D eigenvalue weighted by Crippen LogP contribution is 2.33. The van der Waals surface area contributed by atoms with Crippen molar-refractivity contribution in [2.45, 2.75) is 58.8 Å². The molecule has 6 nitrogen and oxygen atoms in total. The number of aryl methyl sites for hydroxylation is 1. The van der Waals surface area contributed by atoms with Crippen molar-refractivity contribution in [3.8, 4) is 0 Å². The second-order valence-electron chi connectivity index (χ2n) is 8.55. The molecule has 2 rings (SSSR count). The first-order valence-electron chi connectivity index (χ1n) is 11.7. The fourth-order valence-corrected chi connectivity index (χ4v) is 3.56. The minimum atomic E-state index is -0.445. The summed E-state index contributed by atoms with van der Waals surface area (Å²) in [4.78, 5) is 6.54. The summed E-state index contributed by atoms with van der Waals surface area (Å²) < 4.78 is 16.9. The highest BCUT2D eigenvalue weighted by atomic mass is 16.5. The van der Waals surface area contributed by atoms with Gasteiger partial charge in [-0.05, 0) is 62.5 Å². The predicted octanol–water partition coefficient (Wildman–Crippen LogP) is 5.26. The van der Waals surface area contributed by atoms with Gasteiger partial charge in [0.25, 0.3) is 0 Å². The number of allylic oxidation sites excluding steroid dienone is 3. The number of hydrogen-bond donors (Lipinski definition) is 1. The first-order chi connectivity index (χ1) is 15.8. The Kier molecular flexibility index (Phi) is 11.4. The van der Waals surface area contributed by atoms with Crippen molar-refractivity contribution >= 4 is 17.2 Å². The molecule has 0 bridgehead atoms. The van der Waals surface area contributed by atoms with Gasteiger partial charge in [-0.2, -0.15) is 0 Å². The summed E-state index contributed by atoms with van der Waals surface area (Å²) in [5.74, 6) is 0.575. The van der Waals surface area contributed by atoms with E-state index in [0.29, 0.717) is 25.7 Å². The molecule has 1 saturated heterocycles. The van der Waals surface area contributed by atoms with Gasteiger partial charge in [-0.25, -0.2) is 4.99 Å². The normalized spacial score (nSPS) is 17.7. The molecule has 0 radical (unpaired) electrons. The van der Waals surface area contributed by atoms with E-state index in [2.05, 4.69) is 55.2 Å². The lowest BCUT2D eigenvalue weighted by atomic mass is 9.96. The van der Waals surface area contributed by atoms with Gasteiger partial charge >= 0.3 is 0 Å². The summed E-state index contributed by atoms with van der Waals surface area (Å²) in [5, 5.41) is 9.16. The van der Waals surface area contributed by atoms with Crippen LogP contribution >= 0.6 is 0 Å². The van der Waals surface area contributed by atoms with Crippen LogP contribution in [0.2, 0.25) is 0 Å². The second kappa shape index (κ2) is 14.0. The lowest BCUT2D eigenvalue weighted by Gasteiger charge is -2.34. The Labute approximate surface area is 199 Å². The standard InChI is InChI=1S/C27H40N2O4/c1-20-11-12-26(29(6)27-10-7-8-16-33-27)25(18-20)23(4)21(2)13-14-28-24(5)32-17-9-15-31-19-22(3)30/h11-14,18,22,27,30H,2,4,7-10,15-17,19H2,1,3,5-6H3/b14-13-,28-24?. The summed E-state index contributed by atoms with van der Waals surface area (Å²) in [6, 6.07) is 6.39. The van der Waals surface area contributed by atoms with Crippen molar-refractivity contribution in [1.82, 2.24) is 0 Å². The molecule has 0 spiro atoms. The zero-order chi connectivity index (χ0) is 24.2. The fourth-order valence-electron chi connectivity index (χ4n) is 3.56. The molecule has 1 N–H and O–H groups in total. The van der Waals surface area contributed by atoms with Crippen LogP contribution in [0.15, 0.2) is 54.2 Å². The van der Waals surface area contributed by atoms with Crippen LogP contribution in [0.3, 0.4) is 0 Å². The predicted molar refractivity (Wildman–Crippen MR) is 137 cm³/mol. The van der Waals surface area contributed by atoms with E-state index in [9.17, 15) is 0 Å². The molecule has 1 fully saturated rings. The van der Waals surface area contributed by atoms with Crippen LogP contribution in [0, 0.1) is 6.92 Å². The molecule has 1 aliphatic rings. The number of aliphatic hydroxyl groups excluding tert-OH is 1. The SMILES string of the molecule is C=C(/C=C\N=C(C)OCCCOCC(C)O)C(=C)c1cc(C)ccc1N(C)C1CCCCO1. The van der Waals surface area contributed by atoms with Crippen LogP contribution < -0.4 is 4.90 Å². The highest BCUT2D eigenvalue weighted by molar-refractivity contribution is 5.86. The third kappa shape index (κ3) is 9.16. The lowest BCUT2D eigenvalue weighted by molar-refractivity contribution is 0.0174. The minimum absolute atomic E-state index is 0.0821. The Bertz CT molecular complexity index is 839. The van der Waals surface area contributed by atoms with Crippen molar-refractivity contribution in [2.75, 3.05) is 38.4 Å². The van der Waals surface area contributed by atoms with Crippen molar-refractivity contribution in [1.29, 1.82) is 0 Å². The Hall–Kier alpha value is -2.41. The minimum Gasteiger partial charge on any atom is -0.481 e. The summed E-state index contributed by atoms with van der Waals surface area (Å²) in [6.07, 6.45) is 7.25. The van der Waals surface area contributed by atoms with E-state index >= 15 is 0 Å². The van der Waals surface area contributed by atoms with Crippen molar-refractivity contribution in [3.63, 3.8) is 0 Å². The molecule has 1 aromatic rings. The molecular formula is C27H40N2O4. The van der Waals surface area contributed by atoms with Crippen LogP contribution in [-0.4, -0.2) is 56.8 Å². The molecular weight excluding hydrogens is 416 g/mol. The van der Waals surface area contributed by atoms with Crippen LogP contribution in [0.25, 0.3) is 5.57 Å². The highest BCUT2D eigenvalue weighted by Gasteiger charge is 2.21. The van der Waals surface area contributed by atoms with Gasteiger partial charge in [-0.1, -0.05) is 24.8 Å². The number of nitrogens with zero attached hydrogens (tertiary/aromatic N) is 2. The van der Waals surface area contributed by atoms with E-state index in [-0.39, 0.29) is 6.23 Å². The maximum absolute atomic E-state index is 9.16. The molecule has 1 heterocycles. The molecule has 33 heavy (non-hydrogen) atoms. The number of aliphatic imine (C=N–C) groups is 1. The van der Waals surface area contributed by atoms with Gasteiger partial charge in [0, 0.05) is 51.1 Å². The summed E-state index contributed by atoms with van der Waals surface area (Å²) in [6.45, 7) is 16.3. The van der Waals surface area contributed by atoms with Gasteiger partial charge in [0.15, 0.2) is 5.90 Å². The first kappa shape index (κ1) is 26.8. The maximum Gasteiger partial charge on any atom is 0.184 e. The Balaban J connectivity index is 1.94. The molecule has 1 aliphatic heterocycles. The van der Waals surface area contributed by atoms with Gasteiger partial charge in [-0.15, -0.1) is 0 Å². The first-order valence-corrected chi connectivity index (χ1v) is 11.7. The Morgan fingerprint density at radius 1 is 1.33 bits per heavy atom. The average Bonchev–Trinajstić information content (AvgIpc) is 2.80. The number of anilines is 1. The largest absolute Gasteiger partial charge is 0.481 e. The van der Waals surface area contributed by atoms with E-state index in [4.69, 9.17) is 19.3 Å². The third-order valence-corrected chi connectivity index (χ3v) is 5.47. The molecule has 0 aromatic heterocycles. The van der Waals surface area contributed by atoms with E-state index in [0.717, 1.165) is 48.3 Å². The summed E-state index contributed by atoms with van der Waals surface area (Å²) in [5.41, 5.74) is 4.97. The van der Waals surface area contributed by atoms with Crippen molar-refractivity contribution < 1.29 is 19.3 Å². The molecule has 1 aromatic carbocycles. The number of aliphatic hydroxyl groups is 1. The Morgan fingerprint density at radius 3 is 2.82 bits per heavy atom. The monoisotopic (exact) mass is 456 g/mol. The van der Waals surface area contributed by atoms with Crippen LogP contribution in [0.4, 0.5) is 5.69 Å². The van der Waals surface area contributed by atoms with Crippen LogP contribution in [0.1, 0.15) is 50.7 Å². The van der Waals surface area contributed by atoms with Gasteiger partial charge in [-0.3, -0.25) is 0 Å².